The van der Waals surface area contributed by atoms with E-state index in [0.29, 0.717) is 10.7 Å². The van der Waals surface area contributed by atoms with E-state index in [4.69, 9.17) is 5.26 Å². The third kappa shape index (κ3) is 2.01. The average molecular weight is 233 g/mol. The highest BCUT2D eigenvalue weighted by Crippen LogP contribution is 2.26. The van der Waals surface area contributed by atoms with Crippen LogP contribution in [0.25, 0.3) is 10.6 Å². The lowest BCUT2D eigenvalue weighted by Crippen LogP contribution is -1.92. The summed E-state index contributed by atoms with van der Waals surface area (Å²) in [6.07, 6.45) is 3.49. The smallest absolute Gasteiger partial charge is 0.187 e. The van der Waals surface area contributed by atoms with Crippen LogP contribution in [0.5, 0.6) is 0 Å². The van der Waals surface area contributed by atoms with Crippen molar-refractivity contribution in [1.82, 2.24) is 9.97 Å². The molecular weight excluding hydrogens is 226 g/mol. The first kappa shape index (κ1) is 10.1. The standard InChI is InChI=1S/C10H7N3S2/c1-14-10-12-6-7(5-11)9(13-10)8-3-2-4-15-8/h2-4,6H,1H3. The Morgan fingerprint density at radius 2 is 2.40 bits per heavy atom. The number of aromatic nitrogens is 2. The molecule has 0 saturated carbocycles. The summed E-state index contributed by atoms with van der Waals surface area (Å²) in [7, 11) is 0. The SMILES string of the molecule is CSc1ncc(C#N)c(-c2cccs2)n1. The van der Waals surface area contributed by atoms with Crippen LogP contribution in [-0.2, 0) is 0 Å². The molecule has 0 saturated heterocycles. The summed E-state index contributed by atoms with van der Waals surface area (Å²) in [4.78, 5) is 9.42. The van der Waals surface area contributed by atoms with Gasteiger partial charge in [0.2, 0.25) is 0 Å². The van der Waals surface area contributed by atoms with Gasteiger partial charge in [0.15, 0.2) is 5.16 Å². The van der Waals surface area contributed by atoms with Crippen molar-refractivity contribution in [2.75, 3.05) is 6.26 Å². The summed E-state index contributed by atoms with van der Waals surface area (Å²) in [5.74, 6) is 0. The molecule has 0 aliphatic heterocycles. The molecule has 0 atom stereocenters. The van der Waals surface area contributed by atoms with E-state index in [9.17, 15) is 0 Å². The second-order valence-electron chi connectivity index (χ2n) is 2.71. The van der Waals surface area contributed by atoms with Gasteiger partial charge in [-0.2, -0.15) is 5.26 Å². The Balaban J connectivity index is 2.58. The fourth-order valence-electron chi connectivity index (χ4n) is 1.15. The van der Waals surface area contributed by atoms with Crippen LogP contribution in [0.15, 0.2) is 28.9 Å². The Morgan fingerprint density at radius 3 is 3.00 bits per heavy atom. The lowest BCUT2D eigenvalue weighted by molar-refractivity contribution is 0.971. The van der Waals surface area contributed by atoms with Crippen LogP contribution >= 0.6 is 23.1 Å². The first-order valence-electron chi connectivity index (χ1n) is 4.20. The first-order chi connectivity index (χ1) is 7.35. The minimum Gasteiger partial charge on any atom is -0.230 e. The van der Waals surface area contributed by atoms with Crippen LogP contribution in [0.4, 0.5) is 0 Å². The monoisotopic (exact) mass is 233 g/mol. The maximum Gasteiger partial charge on any atom is 0.187 e. The van der Waals surface area contributed by atoms with Gasteiger partial charge in [0.25, 0.3) is 0 Å². The van der Waals surface area contributed by atoms with Gasteiger partial charge in [-0.15, -0.1) is 11.3 Å². The number of hydrogen-bond donors (Lipinski definition) is 0. The summed E-state index contributed by atoms with van der Waals surface area (Å²) >= 11 is 3.05. The van der Waals surface area contributed by atoms with Crippen LogP contribution < -0.4 is 0 Å². The van der Waals surface area contributed by atoms with Gasteiger partial charge in [-0.05, 0) is 17.7 Å². The van der Waals surface area contributed by atoms with E-state index >= 15 is 0 Å². The zero-order chi connectivity index (χ0) is 10.7. The average Bonchev–Trinajstić information content (AvgIpc) is 2.81. The predicted molar refractivity (Wildman–Crippen MR) is 61.8 cm³/mol. The molecule has 2 rings (SSSR count). The highest BCUT2D eigenvalue weighted by molar-refractivity contribution is 7.98. The van der Waals surface area contributed by atoms with Gasteiger partial charge in [0, 0.05) is 6.20 Å². The summed E-state index contributed by atoms with van der Waals surface area (Å²) < 4.78 is 0. The number of thiophene rings is 1. The molecule has 0 N–H and O–H groups in total. The summed E-state index contributed by atoms with van der Waals surface area (Å²) in [5.41, 5.74) is 1.25. The number of hydrogen-bond acceptors (Lipinski definition) is 5. The topological polar surface area (TPSA) is 49.6 Å². The first-order valence-corrected chi connectivity index (χ1v) is 6.30. The van der Waals surface area contributed by atoms with Gasteiger partial charge in [-0.25, -0.2) is 9.97 Å². The molecule has 0 unspecified atom stereocenters. The molecule has 0 fully saturated rings. The lowest BCUT2D eigenvalue weighted by Gasteiger charge is -2.01. The largest absolute Gasteiger partial charge is 0.230 e. The lowest BCUT2D eigenvalue weighted by atomic mass is 10.2. The molecule has 0 aliphatic carbocycles. The Labute approximate surface area is 95.8 Å². The van der Waals surface area contributed by atoms with Crippen molar-refractivity contribution in [3.63, 3.8) is 0 Å². The molecule has 15 heavy (non-hydrogen) atoms. The second kappa shape index (κ2) is 4.43. The van der Waals surface area contributed by atoms with Crippen LogP contribution in [-0.4, -0.2) is 16.2 Å². The Bertz CT molecular complexity index is 500. The molecule has 2 aromatic heterocycles. The molecule has 0 aromatic carbocycles. The van der Waals surface area contributed by atoms with E-state index in [0.717, 1.165) is 10.6 Å². The molecule has 74 valence electrons. The Kier molecular flexibility index (Phi) is 2.99. The minimum absolute atomic E-state index is 0.523. The summed E-state index contributed by atoms with van der Waals surface area (Å²) in [5, 5.41) is 11.6. The van der Waals surface area contributed by atoms with Crippen LogP contribution in [0.1, 0.15) is 5.56 Å². The van der Waals surface area contributed by atoms with Crippen molar-refractivity contribution in [3.8, 4) is 16.6 Å². The molecule has 0 aliphatic rings. The highest BCUT2D eigenvalue weighted by Gasteiger charge is 2.09. The van der Waals surface area contributed by atoms with Gasteiger partial charge in [0.05, 0.1) is 10.4 Å². The van der Waals surface area contributed by atoms with Gasteiger partial charge in [0.1, 0.15) is 11.8 Å². The van der Waals surface area contributed by atoms with Gasteiger partial charge < -0.3 is 0 Å². The van der Waals surface area contributed by atoms with Crippen molar-refractivity contribution in [2.24, 2.45) is 0 Å². The third-order valence-electron chi connectivity index (χ3n) is 1.82. The quantitative estimate of drug-likeness (QED) is 0.591. The number of nitriles is 1. The molecular formula is C10H7N3S2. The molecule has 0 bridgehead atoms. The van der Waals surface area contributed by atoms with E-state index in [1.54, 1.807) is 17.5 Å². The molecule has 3 nitrogen and oxygen atoms in total. The zero-order valence-corrected chi connectivity index (χ0v) is 9.60. The molecule has 0 spiro atoms. The van der Waals surface area contributed by atoms with E-state index in [1.165, 1.54) is 11.8 Å². The molecule has 2 heterocycles. The Hall–Kier alpha value is -1.38. The molecule has 2 aromatic rings. The third-order valence-corrected chi connectivity index (χ3v) is 3.26. The summed E-state index contributed by atoms with van der Waals surface area (Å²) in [6, 6.07) is 6.01. The summed E-state index contributed by atoms with van der Waals surface area (Å²) in [6.45, 7) is 0. The normalized spacial score (nSPS) is 9.87. The van der Waals surface area contributed by atoms with Gasteiger partial charge >= 0.3 is 0 Å². The van der Waals surface area contributed by atoms with Crippen molar-refractivity contribution >= 4 is 23.1 Å². The zero-order valence-electron chi connectivity index (χ0n) is 7.97. The van der Waals surface area contributed by atoms with Crippen LogP contribution in [0.2, 0.25) is 0 Å². The fraction of sp³-hybridized carbons (Fsp3) is 0.100. The van der Waals surface area contributed by atoms with Crippen LogP contribution in [0.3, 0.4) is 0 Å². The number of thioether (sulfide) groups is 1. The van der Waals surface area contributed by atoms with Crippen LogP contribution in [0, 0.1) is 11.3 Å². The predicted octanol–water partition coefficient (Wildman–Crippen LogP) is 2.80. The van der Waals surface area contributed by atoms with Crippen molar-refractivity contribution in [3.05, 3.63) is 29.3 Å². The Morgan fingerprint density at radius 1 is 1.53 bits per heavy atom. The molecule has 5 heteroatoms. The molecule has 0 radical (unpaired) electrons. The van der Waals surface area contributed by atoms with E-state index in [2.05, 4.69) is 16.0 Å². The number of nitrogens with zero attached hydrogens (tertiary/aromatic N) is 3. The van der Waals surface area contributed by atoms with Gasteiger partial charge in [-0.1, -0.05) is 17.8 Å². The minimum atomic E-state index is 0.523. The number of rotatable bonds is 2. The molecule has 0 amide bonds. The highest BCUT2D eigenvalue weighted by atomic mass is 32.2. The van der Waals surface area contributed by atoms with E-state index < -0.39 is 0 Å². The van der Waals surface area contributed by atoms with E-state index in [1.807, 2.05) is 23.8 Å². The van der Waals surface area contributed by atoms with Crippen molar-refractivity contribution in [1.29, 1.82) is 5.26 Å². The maximum atomic E-state index is 8.95. The fourth-order valence-corrected chi connectivity index (χ4v) is 2.22. The van der Waals surface area contributed by atoms with Crippen molar-refractivity contribution in [2.45, 2.75) is 5.16 Å². The second-order valence-corrected chi connectivity index (χ2v) is 4.43. The van der Waals surface area contributed by atoms with Crippen molar-refractivity contribution < 1.29 is 0 Å². The maximum absolute atomic E-state index is 8.95. The van der Waals surface area contributed by atoms with E-state index in [-0.39, 0.29) is 0 Å². The van der Waals surface area contributed by atoms with Gasteiger partial charge in [-0.3, -0.25) is 0 Å².